The first-order chi connectivity index (χ1) is 12.0. The molecule has 0 bridgehead atoms. The van der Waals surface area contributed by atoms with Crippen LogP contribution in [0.2, 0.25) is 0 Å². The number of amides is 2. The van der Waals surface area contributed by atoms with Crippen LogP contribution in [-0.2, 0) is 6.42 Å². The molecule has 0 saturated carbocycles. The number of imidazole rings is 1. The Morgan fingerprint density at radius 2 is 1.92 bits per heavy atom. The monoisotopic (exact) mass is 340 g/mol. The second-order valence-electron chi connectivity index (χ2n) is 7.28. The van der Waals surface area contributed by atoms with Gasteiger partial charge < -0.3 is 14.8 Å². The first-order valence-electron chi connectivity index (χ1n) is 9.11. The summed E-state index contributed by atoms with van der Waals surface area (Å²) in [6.45, 7) is 7.90. The summed E-state index contributed by atoms with van der Waals surface area (Å²) in [4.78, 5) is 18.6. The molecule has 134 valence electrons. The Morgan fingerprint density at radius 1 is 1.24 bits per heavy atom. The van der Waals surface area contributed by atoms with Gasteiger partial charge >= 0.3 is 6.03 Å². The normalized spacial score (nSPS) is 16.7. The van der Waals surface area contributed by atoms with Crippen LogP contribution in [0.3, 0.4) is 0 Å². The van der Waals surface area contributed by atoms with Gasteiger partial charge in [0, 0.05) is 37.6 Å². The van der Waals surface area contributed by atoms with E-state index in [9.17, 15) is 4.79 Å². The van der Waals surface area contributed by atoms with Gasteiger partial charge in [0.25, 0.3) is 0 Å². The van der Waals surface area contributed by atoms with E-state index in [2.05, 4.69) is 53.8 Å². The molecular weight excluding hydrogens is 312 g/mol. The van der Waals surface area contributed by atoms with Crippen LogP contribution in [0.15, 0.2) is 36.9 Å². The molecule has 25 heavy (non-hydrogen) atoms. The fraction of sp³-hybridized carbons (Fsp3) is 0.500. The lowest BCUT2D eigenvalue weighted by molar-refractivity contribution is 0.169. The average molecular weight is 340 g/mol. The zero-order chi connectivity index (χ0) is 17.8. The minimum atomic E-state index is 0.0564. The molecule has 0 radical (unpaired) electrons. The fourth-order valence-corrected chi connectivity index (χ4v) is 3.75. The highest BCUT2D eigenvalue weighted by Crippen LogP contribution is 2.22. The van der Waals surface area contributed by atoms with Gasteiger partial charge in [0.2, 0.25) is 0 Å². The molecule has 5 nitrogen and oxygen atoms in total. The second kappa shape index (κ2) is 7.72. The predicted molar refractivity (Wildman–Crippen MR) is 99.7 cm³/mol. The number of hydrogen-bond donors (Lipinski definition) is 1. The molecule has 2 aromatic rings. The van der Waals surface area contributed by atoms with Crippen LogP contribution in [0, 0.1) is 13.8 Å². The Hall–Kier alpha value is -2.30. The third-order valence-electron chi connectivity index (χ3n) is 4.89. The predicted octanol–water partition coefficient (Wildman–Crippen LogP) is 3.48. The largest absolute Gasteiger partial charge is 0.335 e. The highest BCUT2D eigenvalue weighted by molar-refractivity contribution is 5.74. The second-order valence-corrected chi connectivity index (χ2v) is 7.28. The van der Waals surface area contributed by atoms with Gasteiger partial charge in [-0.25, -0.2) is 9.78 Å². The maximum Gasteiger partial charge on any atom is 0.317 e. The summed E-state index contributed by atoms with van der Waals surface area (Å²) in [6.07, 6.45) is 8.51. The summed E-state index contributed by atoms with van der Waals surface area (Å²) < 4.78 is 2.15. The number of nitrogens with one attached hydrogen (secondary N) is 1. The number of rotatable bonds is 4. The zero-order valence-electron chi connectivity index (χ0n) is 15.4. The molecule has 0 spiro atoms. The van der Waals surface area contributed by atoms with E-state index in [1.807, 2.05) is 23.6 Å². The average Bonchev–Trinajstić information content (AvgIpc) is 3.08. The standard InChI is InChI=1S/C20H28N4O/c1-15-10-16(2)12-18(11-15)13-17(3)22-20(25)23-7-4-19(5-8-23)24-9-6-21-14-24/h6,9-12,14,17,19H,4-5,7-8,13H2,1-3H3,(H,22,25)/t17-/m1/s1. The van der Waals surface area contributed by atoms with Gasteiger partial charge in [0.15, 0.2) is 0 Å². The Bertz CT molecular complexity index is 682. The Morgan fingerprint density at radius 3 is 2.52 bits per heavy atom. The van der Waals surface area contributed by atoms with E-state index in [0.717, 1.165) is 32.4 Å². The van der Waals surface area contributed by atoms with Crippen LogP contribution in [-0.4, -0.2) is 39.6 Å². The van der Waals surface area contributed by atoms with Gasteiger partial charge in [-0.1, -0.05) is 29.3 Å². The lowest BCUT2D eigenvalue weighted by Gasteiger charge is -2.33. The van der Waals surface area contributed by atoms with Crippen molar-refractivity contribution in [3.63, 3.8) is 0 Å². The first kappa shape index (κ1) is 17.5. The molecule has 2 heterocycles. The van der Waals surface area contributed by atoms with E-state index >= 15 is 0 Å². The van der Waals surface area contributed by atoms with Gasteiger partial charge in [-0.05, 0) is 45.6 Å². The number of aryl methyl sites for hydroxylation is 2. The van der Waals surface area contributed by atoms with Crippen LogP contribution in [0.1, 0.15) is 42.5 Å². The van der Waals surface area contributed by atoms with Crippen LogP contribution in [0.5, 0.6) is 0 Å². The summed E-state index contributed by atoms with van der Waals surface area (Å²) >= 11 is 0. The molecule has 1 aromatic heterocycles. The summed E-state index contributed by atoms with van der Waals surface area (Å²) in [5.74, 6) is 0. The molecule has 3 rings (SSSR count). The van der Waals surface area contributed by atoms with Crippen LogP contribution in [0.25, 0.3) is 0 Å². The van der Waals surface area contributed by atoms with Gasteiger partial charge in [0.05, 0.1) is 6.33 Å². The van der Waals surface area contributed by atoms with Crippen molar-refractivity contribution >= 4 is 6.03 Å². The van der Waals surface area contributed by atoms with E-state index in [-0.39, 0.29) is 12.1 Å². The van der Waals surface area contributed by atoms with E-state index < -0.39 is 0 Å². The van der Waals surface area contributed by atoms with Crippen LogP contribution in [0.4, 0.5) is 4.79 Å². The quantitative estimate of drug-likeness (QED) is 0.926. The zero-order valence-corrected chi connectivity index (χ0v) is 15.4. The molecule has 1 aliphatic rings. The SMILES string of the molecule is Cc1cc(C)cc(C[C@@H](C)NC(=O)N2CCC(n3ccnc3)CC2)c1. The highest BCUT2D eigenvalue weighted by Gasteiger charge is 2.24. The number of hydrogen-bond acceptors (Lipinski definition) is 2. The maximum atomic E-state index is 12.5. The summed E-state index contributed by atoms with van der Waals surface area (Å²) in [7, 11) is 0. The Balaban J connectivity index is 1.49. The van der Waals surface area contributed by atoms with E-state index in [4.69, 9.17) is 0 Å². The number of benzene rings is 1. The van der Waals surface area contributed by atoms with Gasteiger partial charge in [-0.3, -0.25) is 0 Å². The first-order valence-corrected chi connectivity index (χ1v) is 9.11. The Labute approximate surface area is 150 Å². The third-order valence-corrected chi connectivity index (χ3v) is 4.89. The van der Waals surface area contributed by atoms with Crippen LogP contribution < -0.4 is 5.32 Å². The summed E-state index contributed by atoms with van der Waals surface area (Å²) in [6, 6.07) is 7.22. The molecule has 1 saturated heterocycles. The highest BCUT2D eigenvalue weighted by atomic mass is 16.2. The molecular formula is C20H28N4O. The van der Waals surface area contributed by atoms with Crippen LogP contribution >= 0.6 is 0 Å². The minimum absolute atomic E-state index is 0.0564. The van der Waals surface area contributed by atoms with E-state index in [1.54, 1.807) is 0 Å². The van der Waals surface area contributed by atoms with Gasteiger partial charge in [-0.15, -0.1) is 0 Å². The molecule has 5 heteroatoms. The molecule has 1 fully saturated rings. The van der Waals surface area contributed by atoms with Crippen molar-refractivity contribution in [2.75, 3.05) is 13.1 Å². The molecule has 1 aliphatic heterocycles. The van der Waals surface area contributed by atoms with E-state index in [0.29, 0.717) is 6.04 Å². The minimum Gasteiger partial charge on any atom is -0.335 e. The van der Waals surface area contributed by atoms with Crippen molar-refractivity contribution in [3.8, 4) is 0 Å². The van der Waals surface area contributed by atoms with Gasteiger partial charge in [0.1, 0.15) is 0 Å². The fourth-order valence-electron chi connectivity index (χ4n) is 3.75. The Kier molecular flexibility index (Phi) is 5.41. The van der Waals surface area contributed by atoms with Crippen molar-refractivity contribution in [1.82, 2.24) is 19.8 Å². The molecule has 1 atom stereocenters. The molecule has 2 amide bonds. The number of carbonyl (C=O) groups is 1. The van der Waals surface area contributed by atoms with E-state index in [1.165, 1.54) is 16.7 Å². The molecule has 1 N–H and O–H groups in total. The number of likely N-dealkylation sites (tertiary alicyclic amines) is 1. The molecule has 0 aliphatic carbocycles. The molecule has 1 aromatic carbocycles. The molecule has 0 unspecified atom stereocenters. The number of urea groups is 1. The van der Waals surface area contributed by atoms with Crippen molar-refractivity contribution in [2.24, 2.45) is 0 Å². The third kappa shape index (κ3) is 4.62. The van der Waals surface area contributed by atoms with Crippen molar-refractivity contribution < 1.29 is 4.79 Å². The summed E-state index contributed by atoms with van der Waals surface area (Å²) in [5, 5.41) is 3.15. The number of carbonyl (C=O) groups excluding carboxylic acids is 1. The van der Waals surface area contributed by atoms with Crippen molar-refractivity contribution in [1.29, 1.82) is 0 Å². The number of piperidine rings is 1. The lowest BCUT2D eigenvalue weighted by atomic mass is 10.0. The topological polar surface area (TPSA) is 50.2 Å². The smallest absolute Gasteiger partial charge is 0.317 e. The summed E-state index contributed by atoms with van der Waals surface area (Å²) in [5.41, 5.74) is 3.83. The lowest BCUT2D eigenvalue weighted by Crippen LogP contribution is -2.47. The number of aromatic nitrogens is 2. The van der Waals surface area contributed by atoms with Gasteiger partial charge in [-0.2, -0.15) is 0 Å². The van der Waals surface area contributed by atoms with Crippen molar-refractivity contribution in [2.45, 2.75) is 52.1 Å². The number of nitrogens with zero attached hydrogens (tertiary/aromatic N) is 3. The van der Waals surface area contributed by atoms with Crippen molar-refractivity contribution in [3.05, 3.63) is 53.6 Å². The maximum absolute atomic E-state index is 12.5.